The van der Waals surface area contributed by atoms with Crippen LogP contribution in [0.2, 0.25) is 0 Å². The van der Waals surface area contributed by atoms with Crippen LogP contribution < -0.4 is 0 Å². The molecule has 1 aliphatic carbocycles. The molecule has 20 heavy (non-hydrogen) atoms. The van der Waals surface area contributed by atoms with Crippen molar-refractivity contribution < 1.29 is 9.90 Å². The molecule has 0 unspecified atom stereocenters. The fourth-order valence-corrected chi connectivity index (χ4v) is 3.02. The van der Waals surface area contributed by atoms with Gasteiger partial charge in [0.05, 0.1) is 0 Å². The van der Waals surface area contributed by atoms with Crippen LogP contribution in [0.3, 0.4) is 0 Å². The minimum atomic E-state index is -1.42. The fourth-order valence-electron chi connectivity index (χ4n) is 3.02. The number of aliphatic hydroxyl groups is 1. The van der Waals surface area contributed by atoms with Gasteiger partial charge >= 0.3 is 0 Å². The van der Waals surface area contributed by atoms with E-state index in [2.05, 4.69) is 6.58 Å². The average Bonchev–Trinajstić information content (AvgIpc) is 2.74. The maximum absolute atomic E-state index is 12.6. The van der Waals surface area contributed by atoms with Crippen molar-refractivity contribution in [3.8, 4) is 0 Å². The van der Waals surface area contributed by atoms with Gasteiger partial charge in [-0.05, 0) is 11.1 Å². The third kappa shape index (κ3) is 1.81. The maximum Gasteiger partial charge on any atom is 0.195 e. The molecular formula is C18H16O2. The van der Waals surface area contributed by atoms with Crippen molar-refractivity contribution in [2.45, 2.75) is 17.9 Å². The van der Waals surface area contributed by atoms with E-state index in [1.807, 2.05) is 48.5 Å². The highest BCUT2D eigenvalue weighted by Gasteiger charge is 2.48. The van der Waals surface area contributed by atoms with Crippen molar-refractivity contribution in [1.29, 1.82) is 0 Å². The lowest BCUT2D eigenvalue weighted by atomic mass is 9.79. The number of hydrogen-bond donors (Lipinski definition) is 1. The van der Waals surface area contributed by atoms with E-state index in [4.69, 9.17) is 0 Å². The average molecular weight is 264 g/mol. The van der Waals surface area contributed by atoms with E-state index in [0.29, 0.717) is 12.0 Å². The van der Waals surface area contributed by atoms with Crippen LogP contribution in [0.25, 0.3) is 0 Å². The Morgan fingerprint density at radius 1 is 1.10 bits per heavy atom. The van der Waals surface area contributed by atoms with E-state index in [0.717, 1.165) is 11.1 Å². The Bertz CT molecular complexity index is 660. The molecule has 1 aliphatic rings. The van der Waals surface area contributed by atoms with Crippen molar-refractivity contribution in [3.63, 3.8) is 0 Å². The summed E-state index contributed by atoms with van der Waals surface area (Å²) < 4.78 is 0. The van der Waals surface area contributed by atoms with Crippen LogP contribution in [0.5, 0.6) is 0 Å². The molecule has 2 atom stereocenters. The van der Waals surface area contributed by atoms with Gasteiger partial charge in [-0.1, -0.05) is 60.7 Å². The molecule has 0 saturated carbocycles. The van der Waals surface area contributed by atoms with Crippen molar-refractivity contribution in [2.75, 3.05) is 0 Å². The molecule has 1 N–H and O–H groups in total. The summed E-state index contributed by atoms with van der Waals surface area (Å²) >= 11 is 0. The Labute approximate surface area is 118 Å². The molecule has 0 amide bonds. The van der Waals surface area contributed by atoms with E-state index >= 15 is 0 Å². The van der Waals surface area contributed by atoms with Gasteiger partial charge in [0.15, 0.2) is 5.78 Å². The van der Waals surface area contributed by atoms with E-state index < -0.39 is 11.5 Å². The van der Waals surface area contributed by atoms with Crippen molar-refractivity contribution in [2.24, 2.45) is 0 Å². The van der Waals surface area contributed by atoms with Crippen LogP contribution >= 0.6 is 0 Å². The Kier molecular flexibility index (Phi) is 3.03. The number of carbonyl (C=O) groups is 1. The normalized spacial score (nSPS) is 22.4. The number of hydrogen-bond acceptors (Lipinski definition) is 2. The standard InChI is InChI=1S/C18H16O2/c1-2-16(13-8-4-3-5-9-13)18(20)12-14-10-6-7-11-15(14)17(18)19/h2-11,16,20H,1,12H2/t16-,18+/m1/s1. The highest BCUT2D eigenvalue weighted by Crippen LogP contribution is 2.40. The van der Waals surface area contributed by atoms with Crippen LogP contribution in [-0.2, 0) is 6.42 Å². The first-order valence-electron chi connectivity index (χ1n) is 6.69. The topological polar surface area (TPSA) is 37.3 Å². The molecule has 100 valence electrons. The number of benzene rings is 2. The summed E-state index contributed by atoms with van der Waals surface area (Å²) in [7, 11) is 0. The minimum Gasteiger partial charge on any atom is -0.380 e. The molecule has 3 rings (SSSR count). The molecule has 0 fully saturated rings. The van der Waals surface area contributed by atoms with Crippen molar-refractivity contribution >= 4 is 5.78 Å². The molecule has 0 spiro atoms. The summed E-state index contributed by atoms with van der Waals surface area (Å²) in [5, 5.41) is 11.0. The van der Waals surface area contributed by atoms with Gasteiger partial charge in [-0.15, -0.1) is 6.58 Å². The minimum absolute atomic E-state index is 0.207. The quantitative estimate of drug-likeness (QED) is 0.865. The zero-order valence-corrected chi connectivity index (χ0v) is 11.1. The Morgan fingerprint density at radius 3 is 2.40 bits per heavy atom. The first-order valence-corrected chi connectivity index (χ1v) is 6.69. The molecule has 2 aromatic carbocycles. The fraction of sp³-hybridized carbons (Fsp3) is 0.167. The molecule has 0 aliphatic heterocycles. The lowest BCUT2D eigenvalue weighted by Crippen LogP contribution is -2.41. The van der Waals surface area contributed by atoms with Gasteiger partial charge < -0.3 is 5.11 Å². The van der Waals surface area contributed by atoms with E-state index in [9.17, 15) is 9.90 Å². The molecule has 0 radical (unpaired) electrons. The zero-order valence-electron chi connectivity index (χ0n) is 11.1. The largest absolute Gasteiger partial charge is 0.380 e. The predicted molar refractivity (Wildman–Crippen MR) is 78.8 cm³/mol. The molecule has 0 heterocycles. The number of Topliss-reactive ketones (excluding diaryl/α,β-unsaturated/α-hetero) is 1. The zero-order chi connectivity index (χ0) is 14.2. The molecule has 0 bridgehead atoms. The van der Waals surface area contributed by atoms with Crippen LogP contribution in [-0.4, -0.2) is 16.5 Å². The molecular weight excluding hydrogens is 248 g/mol. The summed E-state index contributed by atoms with van der Waals surface area (Å²) in [6, 6.07) is 17.0. The lowest BCUT2D eigenvalue weighted by molar-refractivity contribution is 0.0300. The lowest BCUT2D eigenvalue weighted by Gasteiger charge is -2.29. The monoisotopic (exact) mass is 264 g/mol. The Morgan fingerprint density at radius 2 is 1.75 bits per heavy atom. The third-order valence-electron chi connectivity index (χ3n) is 4.02. The van der Waals surface area contributed by atoms with Gasteiger partial charge in [-0.2, -0.15) is 0 Å². The SMILES string of the molecule is C=C[C@H](c1ccccc1)[C@@]1(O)Cc2ccccc2C1=O. The van der Waals surface area contributed by atoms with E-state index in [-0.39, 0.29) is 5.78 Å². The molecule has 2 heteroatoms. The van der Waals surface area contributed by atoms with Crippen molar-refractivity contribution in [3.05, 3.63) is 83.9 Å². The summed E-state index contributed by atoms with van der Waals surface area (Å²) in [4.78, 5) is 12.6. The van der Waals surface area contributed by atoms with Crippen molar-refractivity contribution in [1.82, 2.24) is 0 Å². The molecule has 2 aromatic rings. The predicted octanol–water partition coefficient (Wildman–Crippen LogP) is 3.13. The van der Waals surface area contributed by atoms with Gasteiger partial charge in [-0.25, -0.2) is 0 Å². The van der Waals surface area contributed by atoms with Gasteiger partial charge in [0, 0.05) is 17.9 Å². The van der Waals surface area contributed by atoms with Gasteiger partial charge in [-0.3, -0.25) is 4.79 Å². The van der Waals surface area contributed by atoms with Crippen LogP contribution in [0.15, 0.2) is 67.3 Å². The number of carbonyl (C=O) groups excluding carboxylic acids is 1. The van der Waals surface area contributed by atoms with Gasteiger partial charge in [0.2, 0.25) is 0 Å². The molecule has 2 nitrogen and oxygen atoms in total. The van der Waals surface area contributed by atoms with Crippen LogP contribution in [0.4, 0.5) is 0 Å². The highest BCUT2D eigenvalue weighted by atomic mass is 16.3. The molecule has 0 saturated heterocycles. The maximum atomic E-state index is 12.6. The summed E-state index contributed by atoms with van der Waals surface area (Å²) in [5.74, 6) is -0.606. The van der Waals surface area contributed by atoms with E-state index in [1.165, 1.54) is 0 Å². The summed E-state index contributed by atoms with van der Waals surface area (Å²) in [6.07, 6.45) is 2.01. The smallest absolute Gasteiger partial charge is 0.195 e. The number of ketones is 1. The second-order valence-electron chi connectivity index (χ2n) is 5.21. The summed E-state index contributed by atoms with van der Waals surface area (Å²) in [5.41, 5.74) is 1.01. The van der Waals surface area contributed by atoms with Gasteiger partial charge in [0.1, 0.15) is 5.60 Å². The number of rotatable bonds is 3. The summed E-state index contributed by atoms with van der Waals surface area (Å²) in [6.45, 7) is 3.81. The molecule has 0 aromatic heterocycles. The van der Waals surface area contributed by atoms with Gasteiger partial charge in [0.25, 0.3) is 0 Å². The second-order valence-corrected chi connectivity index (χ2v) is 5.21. The first-order chi connectivity index (χ1) is 9.66. The van der Waals surface area contributed by atoms with Crippen LogP contribution in [0, 0.1) is 0 Å². The van der Waals surface area contributed by atoms with E-state index in [1.54, 1.807) is 12.1 Å². The Hall–Kier alpha value is -2.19. The third-order valence-corrected chi connectivity index (χ3v) is 4.02. The van der Waals surface area contributed by atoms with Crippen LogP contribution in [0.1, 0.15) is 27.4 Å². The first kappa shape index (κ1) is 12.8. The Balaban J connectivity index is 2.06. The second kappa shape index (κ2) is 4.73. The number of fused-ring (bicyclic) bond motifs is 1. The highest BCUT2D eigenvalue weighted by molar-refractivity contribution is 6.07.